The molecule has 0 bridgehead atoms. The molecule has 0 aliphatic rings. The molecule has 6 heteroatoms. The Hall–Kier alpha value is -2.11. The van der Waals surface area contributed by atoms with Crippen molar-refractivity contribution in [3.8, 4) is 11.5 Å². The topological polar surface area (TPSA) is 64.1 Å². The summed E-state index contributed by atoms with van der Waals surface area (Å²) >= 11 is 6.20. The van der Waals surface area contributed by atoms with Gasteiger partial charge in [0.1, 0.15) is 11.5 Å². The van der Waals surface area contributed by atoms with Crippen LogP contribution in [0.15, 0.2) is 39.2 Å². The van der Waals surface area contributed by atoms with Gasteiger partial charge in [0.2, 0.25) is 5.89 Å². The number of nitrogens with one attached hydrogen (secondary N) is 1. The van der Waals surface area contributed by atoms with Crippen LogP contribution in [-0.4, -0.2) is 10.2 Å². The van der Waals surface area contributed by atoms with Crippen LogP contribution in [0, 0.1) is 13.8 Å². The van der Waals surface area contributed by atoms with Gasteiger partial charge in [-0.2, -0.15) is 0 Å². The predicted octanol–water partition coefficient (Wildman–Crippen LogP) is 4.45. The van der Waals surface area contributed by atoms with Gasteiger partial charge in [0.25, 0.3) is 5.89 Å². The number of benzene rings is 1. The van der Waals surface area contributed by atoms with Gasteiger partial charge in [0.15, 0.2) is 0 Å². The largest absolute Gasteiger partial charge is 0.466 e. The minimum absolute atomic E-state index is 0.0805. The van der Waals surface area contributed by atoms with Crippen molar-refractivity contribution < 1.29 is 8.83 Å². The molecule has 2 aromatic heterocycles. The maximum absolute atomic E-state index is 6.20. The third-order valence-electron chi connectivity index (χ3n) is 3.67. The van der Waals surface area contributed by atoms with E-state index in [9.17, 15) is 0 Å². The van der Waals surface area contributed by atoms with E-state index in [1.807, 2.05) is 51.1 Å². The molecule has 23 heavy (non-hydrogen) atoms. The van der Waals surface area contributed by atoms with E-state index in [0.29, 0.717) is 18.3 Å². The molecule has 0 radical (unpaired) electrons. The van der Waals surface area contributed by atoms with E-state index in [1.165, 1.54) is 0 Å². The molecule has 0 unspecified atom stereocenters. The van der Waals surface area contributed by atoms with Crippen LogP contribution in [0.3, 0.4) is 0 Å². The summed E-state index contributed by atoms with van der Waals surface area (Å²) in [6.07, 6.45) is 0. The van der Waals surface area contributed by atoms with E-state index in [0.717, 1.165) is 27.7 Å². The number of rotatable bonds is 5. The Morgan fingerprint density at radius 1 is 1.17 bits per heavy atom. The van der Waals surface area contributed by atoms with Crippen molar-refractivity contribution in [2.75, 3.05) is 0 Å². The highest BCUT2D eigenvalue weighted by Crippen LogP contribution is 2.26. The highest BCUT2D eigenvalue weighted by atomic mass is 35.5. The summed E-state index contributed by atoms with van der Waals surface area (Å²) < 4.78 is 11.2. The first-order valence-corrected chi connectivity index (χ1v) is 7.80. The zero-order valence-corrected chi connectivity index (χ0v) is 14.0. The van der Waals surface area contributed by atoms with Crippen molar-refractivity contribution in [1.82, 2.24) is 15.5 Å². The molecule has 2 heterocycles. The minimum Gasteiger partial charge on any atom is -0.466 e. The molecular formula is C17H18ClN3O2. The van der Waals surface area contributed by atoms with E-state index < -0.39 is 0 Å². The lowest BCUT2D eigenvalue weighted by atomic mass is 10.1. The van der Waals surface area contributed by atoms with Gasteiger partial charge in [-0.15, -0.1) is 10.2 Å². The summed E-state index contributed by atoms with van der Waals surface area (Å²) in [5.41, 5.74) is 1.87. The normalized spacial score (nSPS) is 12.5. The van der Waals surface area contributed by atoms with Gasteiger partial charge >= 0.3 is 0 Å². The molecule has 1 atom stereocenters. The molecule has 0 aliphatic heterocycles. The smallest absolute Gasteiger partial charge is 0.251 e. The Morgan fingerprint density at radius 3 is 2.65 bits per heavy atom. The number of aromatic nitrogens is 2. The minimum atomic E-state index is 0.0805. The first-order valence-electron chi connectivity index (χ1n) is 7.42. The number of hydrogen-bond acceptors (Lipinski definition) is 5. The molecule has 0 saturated heterocycles. The zero-order valence-electron chi connectivity index (χ0n) is 13.3. The maximum Gasteiger partial charge on any atom is 0.251 e. The SMILES string of the molecule is Cc1cc(-c2nnc(CN[C@H](C)c3ccccc3Cl)o2)c(C)o1. The summed E-state index contributed by atoms with van der Waals surface area (Å²) in [5, 5.41) is 12.2. The highest BCUT2D eigenvalue weighted by Gasteiger charge is 2.15. The quantitative estimate of drug-likeness (QED) is 0.748. The molecule has 3 rings (SSSR count). The van der Waals surface area contributed by atoms with E-state index >= 15 is 0 Å². The fourth-order valence-corrected chi connectivity index (χ4v) is 2.75. The summed E-state index contributed by atoms with van der Waals surface area (Å²) in [4.78, 5) is 0. The molecule has 3 aromatic rings. The molecule has 0 saturated carbocycles. The Bertz CT molecular complexity index is 810. The molecule has 0 spiro atoms. The predicted molar refractivity (Wildman–Crippen MR) is 88.2 cm³/mol. The Balaban J connectivity index is 1.68. The van der Waals surface area contributed by atoms with Crippen LogP contribution >= 0.6 is 11.6 Å². The molecule has 1 aromatic carbocycles. The second-order valence-corrected chi connectivity index (χ2v) is 5.86. The van der Waals surface area contributed by atoms with E-state index in [2.05, 4.69) is 15.5 Å². The van der Waals surface area contributed by atoms with Crippen LogP contribution in [0.25, 0.3) is 11.5 Å². The van der Waals surface area contributed by atoms with Crippen LogP contribution < -0.4 is 5.32 Å². The third kappa shape index (κ3) is 3.46. The lowest BCUT2D eigenvalue weighted by Gasteiger charge is -2.14. The molecule has 1 N–H and O–H groups in total. The second-order valence-electron chi connectivity index (χ2n) is 5.45. The standard InChI is InChI=1S/C17H18ClN3O2/c1-10-8-14(12(3)22-10)17-21-20-16(23-17)9-19-11(2)13-6-4-5-7-15(13)18/h4-8,11,19H,9H2,1-3H3/t11-/m1/s1. The van der Waals surface area contributed by atoms with E-state index in [-0.39, 0.29) is 6.04 Å². The van der Waals surface area contributed by atoms with Crippen molar-refractivity contribution >= 4 is 11.6 Å². The fraction of sp³-hybridized carbons (Fsp3) is 0.294. The molecular weight excluding hydrogens is 314 g/mol. The van der Waals surface area contributed by atoms with Gasteiger partial charge in [0.05, 0.1) is 12.1 Å². The van der Waals surface area contributed by atoms with Gasteiger partial charge in [-0.05, 0) is 38.5 Å². The van der Waals surface area contributed by atoms with Gasteiger partial charge < -0.3 is 14.2 Å². The average molecular weight is 332 g/mol. The first-order chi connectivity index (χ1) is 11.0. The monoisotopic (exact) mass is 331 g/mol. The Kier molecular flexibility index (Phi) is 4.50. The van der Waals surface area contributed by atoms with E-state index in [4.69, 9.17) is 20.4 Å². The molecule has 0 aliphatic carbocycles. The lowest BCUT2D eigenvalue weighted by Crippen LogP contribution is -2.18. The van der Waals surface area contributed by atoms with Crippen molar-refractivity contribution in [3.63, 3.8) is 0 Å². The van der Waals surface area contributed by atoms with Gasteiger partial charge in [-0.1, -0.05) is 29.8 Å². The number of aryl methyl sites for hydroxylation is 2. The first kappa shape index (κ1) is 15.8. The second kappa shape index (κ2) is 6.56. The highest BCUT2D eigenvalue weighted by molar-refractivity contribution is 6.31. The van der Waals surface area contributed by atoms with Crippen LogP contribution in [0.1, 0.15) is 35.9 Å². The molecule has 5 nitrogen and oxygen atoms in total. The van der Waals surface area contributed by atoms with Crippen LogP contribution in [0.5, 0.6) is 0 Å². The third-order valence-corrected chi connectivity index (χ3v) is 4.01. The van der Waals surface area contributed by atoms with Crippen molar-refractivity contribution in [2.24, 2.45) is 0 Å². The summed E-state index contributed by atoms with van der Waals surface area (Å²) in [7, 11) is 0. The maximum atomic E-state index is 6.20. The average Bonchev–Trinajstić information content (AvgIpc) is 3.11. The summed E-state index contributed by atoms with van der Waals surface area (Å²) in [5.74, 6) is 2.59. The van der Waals surface area contributed by atoms with Gasteiger partial charge in [-0.25, -0.2) is 0 Å². The zero-order chi connectivity index (χ0) is 16.4. The summed E-state index contributed by atoms with van der Waals surface area (Å²) in [6, 6.07) is 9.73. The Morgan fingerprint density at radius 2 is 1.96 bits per heavy atom. The number of halogens is 1. The number of nitrogens with zero attached hydrogens (tertiary/aromatic N) is 2. The van der Waals surface area contributed by atoms with Crippen molar-refractivity contribution in [3.05, 3.63) is 58.3 Å². The Labute approximate surface area is 139 Å². The lowest BCUT2D eigenvalue weighted by molar-refractivity contribution is 0.452. The van der Waals surface area contributed by atoms with Crippen LogP contribution in [0.4, 0.5) is 0 Å². The van der Waals surface area contributed by atoms with Gasteiger partial charge in [0, 0.05) is 11.1 Å². The van der Waals surface area contributed by atoms with Gasteiger partial charge in [-0.3, -0.25) is 0 Å². The molecule has 0 fully saturated rings. The van der Waals surface area contributed by atoms with Crippen LogP contribution in [0.2, 0.25) is 5.02 Å². The van der Waals surface area contributed by atoms with Crippen molar-refractivity contribution in [2.45, 2.75) is 33.4 Å². The fourth-order valence-electron chi connectivity index (χ4n) is 2.45. The van der Waals surface area contributed by atoms with E-state index in [1.54, 1.807) is 0 Å². The number of furan rings is 1. The van der Waals surface area contributed by atoms with Crippen molar-refractivity contribution in [1.29, 1.82) is 0 Å². The molecule has 120 valence electrons. The summed E-state index contributed by atoms with van der Waals surface area (Å²) in [6.45, 7) is 6.28. The molecule has 0 amide bonds. The van der Waals surface area contributed by atoms with Crippen LogP contribution in [-0.2, 0) is 6.54 Å². The number of hydrogen-bond donors (Lipinski definition) is 1.